The first-order chi connectivity index (χ1) is 9.58. The summed E-state index contributed by atoms with van der Waals surface area (Å²) in [6.45, 7) is 1.90. The summed E-state index contributed by atoms with van der Waals surface area (Å²) in [7, 11) is 0. The van der Waals surface area contributed by atoms with Gasteiger partial charge in [0.05, 0.1) is 6.61 Å². The summed E-state index contributed by atoms with van der Waals surface area (Å²) in [5.74, 6) is -1.35. The molecule has 0 amide bonds. The average Bonchev–Trinajstić information content (AvgIpc) is 3.23. The third-order valence-electron chi connectivity index (χ3n) is 3.76. The topological polar surface area (TPSA) is 63.6 Å². The van der Waals surface area contributed by atoms with Crippen molar-refractivity contribution < 1.29 is 19.4 Å². The Morgan fingerprint density at radius 2 is 1.95 bits per heavy atom. The second-order valence-corrected chi connectivity index (χ2v) is 5.42. The minimum Gasteiger partial charge on any atom is -0.480 e. The molecule has 2 rings (SSSR count). The van der Waals surface area contributed by atoms with E-state index < -0.39 is 17.4 Å². The van der Waals surface area contributed by atoms with Gasteiger partial charge in [0.25, 0.3) is 0 Å². The van der Waals surface area contributed by atoms with Gasteiger partial charge < -0.3 is 9.84 Å². The van der Waals surface area contributed by atoms with E-state index in [1.165, 1.54) is 0 Å². The molecule has 1 saturated carbocycles. The molecule has 1 aliphatic rings. The van der Waals surface area contributed by atoms with Crippen LogP contribution in [-0.2, 0) is 20.7 Å². The Labute approximate surface area is 118 Å². The number of ether oxygens (including phenoxy) is 1. The molecule has 108 valence electrons. The van der Waals surface area contributed by atoms with Crippen molar-refractivity contribution in [1.29, 1.82) is 0 Å². The first kappa shape index (κ1) is 14.6. The Hall–Kier alpha value is -1.84. The minimum absolute atomic E-state index is 0.193. The van der Waals surface area contributed by atoms with Crippen LogP contribution in [0.4, 0.5) is 0 Å². The fraction of sp³-hybridized carbons (Fsp3) is 0.500. The van der Waals surface area contributed by atoms with Crippen LogP contribution in [-0.4, -0.2) is 23.7 Å². The molecule has 1 aromatic carbocycles. The predicted octanol–water partition coefficient (Wildman–Crippen LogP) is 2.66. The zero-order valence-electron chi connectivity index (χ0n) is 11.7. The third-order valence-corrected chi connectivity index (χ3v) is 3.76. The molecule has 4 heteroatoms. The first-order valence-corrected chi connectivity index (χ1v) is 7.03. The molecule has 1 aliphatic carbocycles. The summed E-state index contributed by atoms with van der Waals surface area (Å²) in [5, 5.41) is 9.66. The predicted molar refractivity (Wildman–Crippen MR) is 74.2 cm³/mol. The van der Waals surface area contributed by atoms with Crippen molar-refractivity contribution in [1.82, 2.24) is 0 Å². The molecule has 1 atom stereocenters. The summed E-state index contributed by atoms with van der Waals surface area (Å²) in [6, 6.07) is 9.28. The fourth-order valence-electron chi connectivity index (χ4n) is 2.51. The van der Waals surface area contributed by atoms with Crippen LogP contribution in [0.3, 0.4) is 0 Å². The molecule has 0 aromatic heterocycles. The van der Waals surface area contributed by atoms with Gasteiger partial charge in [0.15, 0.2) is 5.41 Å². The van der Waals surface area contributed by atoms with Gasteiger partial charge in [-0.25, -0.2) is 0 Å². The van der Waals surface area contributed by atoms with Crippen LogP contribution < -0.4 is 0 Å². The van der Waals surface area contributed by atoms with Gasteiger partial charge in [-0.1, -0.05) is 43.2 Å². The van der Waals surface area contributed by atoms with Crippen LogP contribution in [0.15, 0.2) is 30.3 Å². The van der Waals surface area contributed by atoms with Gasteiger partial charge in [0, 0.05) is 0 Å². The standard InChI is InChI=1S/C16H20O4/c1-2-20-15(19)16(14(17)18,11-13-8-9-13)10-12-6-4-3-5-7-12/h3-7,13H,2,8-11H2,1H3,(H,17,18). The summed E-state index contributed by atoms with van der Waals surface area (Å²) in [4.78, 5) is 24.1. The van der Waals surface area contributed by atoms with Gasteiger partial charge in [-0.15, -0.1) is 0 Å². The number of hydrogen-bond acceptors (Lipinski definition) is 3. The van der Waals surface area contributed by atoms with E-state index in [0.29, 0.717) is 12.3 Å². The van der Waals surface area contributed by atoms with Crippen molar-refractivity contribution in [2.75, 3.05) is 6.61 Å². The number of carbonyl (C=O) groups is 2. The lowest BCUT2D eigenvalue weighted by Gasteiger charge is -2.27. The fourth-order valence-corrected chi connectivity index (χ4v) is 2.51. The lowest BCUT2D eigenvalue weighted by atomic mass is 9.77. The maximum absolute atomic E-state index is 12.3. The van der Waals surface area contributed by atoms with E-state index in [4.69, 9.17) is 4.74 Å². The average molecular weight is 276 g/mol. The zero-order valence-corrected chi connectivity index (χ0v) is 11.7. The number of carbonyl (C=O) groups excluding carboxylic acids is 1. The molecule has 1 unspecified atom stereocenters. The number of carboxylic acids is 1. The monoisotopic (exact) mass is 276 g/mol. The Morgan fingerprint density at radius 1 is 1.30 bits per heavy atom. The largest absolute Gasteiger partial charge is 0.480 e. The van der Waals surface area contributed by atoms with Crippen LogP contribution in [0.25, 0.3) is 0 Å². The smallest absolute Gasteiger partial charge is 0.323 e. The minimum atomic E-state index is -1.45. The maximum Gasteiger partial charge on any atom is 0.323 e. The molecule has 0 radical (unpaired) electrons. The molecule has 1 N–H and O–H groups in total. The van der Waals surface area contributed by atoms with Gasteiger partial charge in [-0.2, -0.15) is 0 Å². The van der Waals surface area contributed by atoms with Crippen molar-refractivity contribution in [2.24, 2.45) is 11.3 Å². The van der Waals surface area contributed by atoms with Gasteiger partial charge >= 0.3 is 11.9 Å². The highest BCUT2D eigenvalue weighted by Gasteiger charge is 2.50. The Morgan fingerprint density at radius 3 is 2.45 bits per heavy atom. The Bertz CT molecular complexity index is 479. The molecule has 0 heterocycles. The molecule has 20 heavy (non-hydrogen) atoms. The summed E-state index contributed by atoms with van der Waals surface area (Å²) >= 11 is 0. The van der Waals surface area contributed by atoms with E-state index in [1.807, 2.05) is 30.3 Å². The van der Waals surface area contributed by atoms with Crippen molar-refractivity contribution in [2.45, 2.75) is 32.6 Å². The molecule has 0 spiro atoms. The Kier molecular flexibility index (Phi) is 4.42. The number of hydrogen-bond donors (Lipinski definition) is 1. The van der Waals surface area contributed by atoms with Gasteiger partial charge in [0.2, 0.25) is 0 Å². The molecule has 0 saturated heterocycles. The van der Waals surface area contributed by atoms with Crippen LogP contribution in [0.2, 0.25) is 0 Å². The van der Waals surface area contributed by atoms with E-state index >= 15 is 0 Å². The lowest BCUT2D eigenvalue weighted by Crippen LogP contribution is -2.43. The summed E-state index contributed by atoms with van der Waals surface area (Å²) in [6.07, 6.45) is 2.57. The van der Waals surface area contributed by atoms with E-state index in [2.05, 4.69) is 0 Å². The second-order valence-electron chi connectivity index (χ2n) is 5.42. The van der Waals surface area contributed by atoms with Gasteiger partial charge in [-0.3, -0.25) is 9.59 Å². The third kappa shape index (κ3) is 3.18. The van der Waals surface area contributed by atoms with Crippen molar-refractivity contribution in [3.05, 3.63) is 35.9 Å². The van der Waals surface area contributed by atoms with E-state index in [0.717, 1.165) is 18.4 Å². The summed E-state index contributed by atoms with van der Waals surface area (Å²) < 4.78 is 5.05. The maximum atomic E-state index is 12.3. The van der Waals surface area contributed by atoms with E-state index in [1.54, 1.807) is 6.92 Å². The lowest BCUT2D eigenvalue weighted by molar-refractivity contribution is -0.169. The highest BCUT2D eigenvalue weighted by Crippen LogP contribution is 2.43. The molecule has 4 nitrogen and oxygen atoms in total. The number of benzene rings is 1. The number of aliphatic carboxylic acids is 1. The van der Waals surface area contributed by atoms with Crippen LogP contribution in [0.5, 0.6) is 0 Å². The van der Waals surface area contributed by atoms with Gasteiger partial charge in [0.1, 0.15) is 0 Å². The molecule has 0 bridgehead atoms. The first-order valence-electron chi connectivity index (χ1n) is 7.03. The van der Waals surface area contributed by atoms with Gasteiger partial charge in [-0.05, 0) is 31.2 Å². The quantitative estimate of drug-likeness (QED) is 0.614. The molecule has 1 aromatic rings. The van der Waals surface area contributed by atoms with Crippen LogP contribution >= 0.6 is 0 Å². The molecular formula is C16H20O4. The normalized spacial score (nSPS) is 17.2. The van der Waals surface area contributed by atoms with Crippen LogP contribution in [0, 0.1) is 11.3 Å². The number of esters is 1. The molecule has 0 aliphatic heterocycles. The van der Waals surface area contributed by atoms with E-state index in [-0.39, 0.29) is 13.0 Å². The molecule has 1 fully saturated rings. The number of rotatable bonds is 7. The SMILES string of the molecule is CCOC(=O)C(Cc1ccccc1)(CC1CC1)C(=O)O. The highest BCUT2D eigenvalue weighted by atomic mass is 16.5. The second kappa shape index (κ2) is 6.07. The van der Waals surface area contributed by atoms with Crippen LogP contribution in [0.1, 0.15) is 31.7 Å². The summed E-state index contributed by atoms with van der Waals surface area (Å²) in [5.41, 5.74) is -0.595. The van der Waals surface area contributed by atoms with Crippen molar-refractivity contribution in [3.8, 4) is 0 Å². The zero-order chi connectivity index (χ0) is 14.6. The highest BCUT2D eigenvalue weighted by molar-refractivity contribution is 5.99. The number of carboxylic acid groups (broad SMARTS) is 1. The van der Waals surface area contributed by atoms with E-state index in [9.17, 15) is 14.7 Å². The van der Waals surface area contributed by atoms with Crippen molar-refractivity contribution >= 4 is 11.9 Å². The molecular weight excluding hydrogens is 256 g/mol. The Balaban J connectivity index is 2.29. The van der Waals surface area contributed by atoms with Crippen molar-refractivity contribution in [3.63, 3.8) is 0 Å².